The number of rotatable bonds is 9. The lowest BCUT2D eigenvalue weighted by Gasteiger charge is -2.25. The number of allylic oxidation sites excluding steroid dienone is 1. The molecule has 0 fully saturated rings. The van der Waals surface area contributed by atoms with E-state index in [0.29, 0.717) is 33.4 Å². The van der Waals surface area contributed by atoms with E-state index in [1.807, 2.05) is 0 Å². The van der Waals surface area contributed by atoms with Gasteiger partial charge >= 0.3 is 5.97 Å². The normalized spacial score (nSPS) is 15.0. The van der Waals surface area contributed by atoms with Crippen molar-refractivity contribution in [3.8, 4) is 17.6 Å². The lowest BCUT2D eigenvalue weighted by Crippen LogP contribution is -2.31. The fraction of sp³-hybridized carbons (Fsp3) is 0.280. The third-order valence-electron chi connectivity index (χ3n) is 5.19. The third kappa shape index (κ3) is 6.33. The second-order valence-electron chi connectivity index (χ2n) is 7.41. The van der Waals surface area contributed by atoms with E-state index in [9.17, 15) is 19.6 Å². The van der Waals surface area contributed by atoms with Crippen molar-refractivity contribution in [3.05, 3.63) is 64.2 Å². The van der Waals surface area contributed by atoms with Crippen LogP contribution in [0.25, 0.3) is 0 Å². The zero-order valence-corrected chi connectivity index (χ0v) is 20.4. The summed E-state index contributed by atoms with van der Waals surface area (Å²) in [5.41, 5.74) is 2.00. The highest BCUT2D eigenvalue weighted by Crippen LogP contribution is 2.39. The lowest BCUT2D eigenvalue weighted by atomic mass is 9.87. The van der Waals surface area contributed by atoms with Gasteiger partial charge in [-0.15, -0.1) is 0 Å². The number of esters is 1. The van der Waals surface area contributed by atoms with Gasteiger partial charge in [0.2, 0.25) is 11.8 Å². The Kier molecular flexibility index (Phi) is 8.75. The Morgan fingerprint density at radius 2 is 1.86 bits per heavy atom. The molecule has 2 aromatic rings. The Hall–Kier alpha value is -3.97. The predicted molar refractivity (Wildman–Crippen MR) is 131 cm³/mol. The largest absolute Gasteiger partial charge is 0.493 e. The average Bonchev–Trinajstić information content (AvgIpc) is 2.87. The fourth-order valence-electron chi connectivity index (χ4n) is 3.53. The van der Waals surface area contributed by atoms with Crippen LogP contribution in [0.5, 0.6) is 11.5 Å². The highest BCUT2D eigenvalue weighted by atomic mass is 32.2. The number of methoxy groups -OCH3 is 2. The Morgan fingerprint density at radius 1 is 1.14 bits per heavy atom. The molecular formula is C25H25N3O6S. The number of anilines is 1. The maximum Gasteiger partial charge on any atom is 0.338 e. The number of nitrogens with one attached hydrogen (secondary N) is 2. The first kappa shape index (κ1) is 25.6. The lowest BCUT2D eigenvalue weighted by molar-refractivity contribution is -0.121. The second-order valence-corrected chi connectivity index (χ2v) is 8.39. The van der Waals surface area contributed by atoms with E-state index in [0.717, 1.165) is 17.3 Å². The number of nitrogens with zero attached hydrogens (tertiary/aromatic N) is 1. The number of benzene rings is 2. The van der Waals surface area contributed by atoms with Crippen molar-refractivity contribution in [1.29, 1.82) is 5.26 Å². The molecule has 0 spiro atoms. The summed E-state index contributed by atoms with van der Waals surface area (Å²) in [7, 11) is 3.04. The Labute approximate surface area is 207 Å². The third-order valence-corrected chi connectivity index (χ3v) is 6.21. The number of thioether (sulfide) groups is 1. The Bertz CT molecular complexity index is 1190. The van der Waals surface area contributed by atoms with E-state index in [-0.39, 0.29) is 30.6 Å². The quantitative estimate of drug-likeness (QED) is 0.506. The SMILES string of the molecule is CCOC(=O)c1ccc(NC(=O)CSC2=C(C#N)[C@H](c3ccc(OC)c(OC)c3)CC(=O)N2)cc1. The van der Waals surface area contributed by atoms with E-state index < -0.39 is 11.9 Å². The number of carbonyl (C=O) groups is 3. The minimum atomic E-state index is -0.477. The molecule has 9 nitrogen and oxygen atoms in total. The molecule has 0 saturated carbocycles. The van der Waals surface area contributed by atoms with Gasteiger partial charge in [0, 0.05) is 18.0 Å². The highest BCUT2D eigenvalue weighted by Gasteiger charge is 2.30. The van der Waals surface area contributed by atoms with Crippen LogP contribution in [-0.2, 0) is 14.3 Å². The molecule has 10 heteroatoms. The van der Waals surface area contributed by atoms with Crippen LogP contribution in [0.15, 0.2) is 53.1 Å². The van der Waals surface area contributed by atoms with Crippen molar-refractivity contribution in [2.45, 2.75) is 19.3 Å². The summed E-state index contributed by atoms with van der Waals surface area (Å²) in [5.74, 6) is -0.480. The Balaban J connectivity index is 1.72. The first-order valence-corrected chi connectivity index (χ1v) is 11.7. The number of hydrogen-bond donors (Lipinski definition) is 2. The zero-order valence-electron chi connectivity index (χ0n) is 19.5. The van der Waals surface area contributed by atoms with E-state index in [1.165, 1.54) is 14.2 Å². The van der Waals surface area contributed by atoms with Crippen molar-refractivity contribution < 1.29 is 28.6 Å². The number of ether oxygens (including phenoxy) is 3. The van der Waals surface area contributed by atoms with Crippen LogP contribution >= 0.6 is 11.8 Å². The molecule has 1 atom stereocenters. The average molecular weight is 496 g/mol. The molecule has 0 bridgehead atoms. The van der Waals surface area contributed by atoms with Gasteiger partial charge in [-0.1, -0.05) is 17.8 Å². The van der Waals surface area contributed by atoms with Crippen LogP contribution in [0.2, 0.25) is 0 Å². The first-order valence-electron chi connectivity index (χ1n) is 10.8. The van der Waals surface area contributed by atoms with Gasteiger partial charge in [0.25, 0.3) is 0 Å². The van der Waals surface area contributed by atoms with Crippen molar-refractivity contribution in [2.75, 3.05) is 31.9 Å². The van der Waals surface area contributed by atoms with Crippen LogP contribution in [0.4, 0.5) is 5.69 Å². The molecule has 2 aromatic carbocycles. The van der Waals surface area contributed by atoms with Gasteiger partial charge in [-0.25, -0.2) is 4.79 Å². The number of hydrogen-bond acceptors (Lipinski definition) is 8. The predicted octanol–water partition coefficient (Wildman–Crippen LogP) is 3.59. The summed E-state index contributed by atoms with van der Waals surface area (Å²) < 4.78 is 15.6. The van der Waals surface area contributed by atoms with Crippen molar-refractivity contribution in [1.82, 2.24) is 5.32 Å². The summed E-state index contributed by atoms with van der Waals surface area (Å²) >= 11 is 1.07. The molecule has 2 amide bonds. The van der Waals surface area contributed by atoms with Gasteiger partial charge in [0.15, 0.2) is 11.5 Å². The fourth-order valence-corrected chi connectivity index (χ4v) is 4.40. The van der Waals surface area contributed by atoms with Gasteiger partial charge in [0.05, 0.1) is 48.8 Å². The molecule has 182 valence electrons. The van der Waals surface area contributed by atoms with Crippen LogP contribution in [-0.4, -0.2) is 44.4 Å². The van der Waals surface area contributed by atoms with Gasteiger partial charge in [-0.3, -0.25) is 9.59 Å². The minimum Gasteiger partial charge on any atom is -0.493 e. The van der Waals surface area contributed by atoms with E-state index in [1.54, 1.807) is 49.4 Å². The van der Waals surface area contributed by atoms with Crippen molar-refractivity contribution in [2.24, 2.45) is 0 Å². The molecule has 0 aliphatic carbocycles. The van der Waals surface area contributed by atoms with E-state index >= 15 is 0 Å². The minimum absolute atomic E-state index is 0.0287. The summed E-state index contributed by atoms with van der Waals surface area (Å²) in [4.78, 5) is 36.6. The van der Waals surface area contributed by atoms with E-state index in [4.69, 9.17) is 14.2 Å². The van der Waals surface area contributed by atoms with Crippen LogP contribution in [0.1, 0.15) is 35.2 Å². The summed E-state index contributed by atoms with van der Waals surface area (Å²) in [6, 6.07) is 13.8. The van der Waals surface area contributed by atoms with Crippen molar-refractivity contribution in [3.63, 3.8) is 0 Å². The van der Waals surface area contributed by atoms with Crippen LogP contribution in [0, 0.1) is 11.3 Å². The molecule has 3 rings (SSSR count). The number of amides is 2. The Morgan fingerprint density at radius 3 is 2.49 bits per heavy atom. The highest BCUT2D eigenvalue weighted by molar-refractivity contribution is 8.03. The summed E-state index contributed by atoms with van der Waals surface area (Å²) in [6.45, 7) is 2.00. The summed E-state index contributed by atoms with van der Waals surface area (Å²) in [5, 5.41) is 15.6. The molecule has 0 saturated heterocycles. The standard InChI is InChI=1S/C25H25N3O6S/c1-4-34-25(31)15-5-8-17(9-6-15)27-23(30)14-35-24-19(13-26)18(12-22(29)28-24)16-7-10-20(32-2)21(11-16)33-3/h5-11,18H,4,12,14H2,1-3H3,(H,27,30)(H,28,29)/t18-/m0/s1. The molecular weight excluding hydrogens is 470 g/mol. The van der Waals surface area contributed by atoms with E-state index in [2.05, 4.69) is 16.7 Å². The molecule has 1 aliphatic heterocycles. The van der Waals surface area contributed by atoms with Crippen molar-refractivity contribution >= 4 is 35.2 Å². The molecule has 0 unspecified atom stereocenters. The molecule has 0 radical (unpaired) electrons. The topological polar surface area (TPSA) is 127 Å². The maximum atomic E-state index is 12.5. The molecule has 35 heavy (non-hydrogen) atoms. The number of nitriles is 1. The number of carbonyl (C=O) groups excluding carboxylic acids is 3. The van der Waals surface area contributed by atoms with Gasteiger partial charge in [-0.2, -0.15) is 5.26 Å². The maximum absolute atomic E-state index is 12.5. The zero-order chi connectivity index (χ0) is 25.4. The molecule has 1 heterocycles. The first-order chi connectivity index (χ1) is 16.9. The van der Waals surface area contributed by atoms with Gasteiger partial charge in [0.1, 0.15) is 0 Å². The monoisotopic (exact) mass is 495 g/mol. The smallest absolute Gasteiger partial charge is 0.338 e. The van der Waals surface area contributed by atoms with Gasteiger partial charge < -0.3 is 24.8 Å². The van der Waals surface area contributed by atoms with Crippen LogP contribution in [0.3, 0.4) is 0 Å². The summed E-state index contributed by atoms with van der Waals surface area (Å²) in [6.07, 6.45) is 0.0987. The molecule has 0 aromatic heterocycles. The van der Waals surface area contributed by atoms with Crippen LogP contribution < -0.4 is 20.1 Å². The van der Waals surface area contributed by atoms with Gasteiger partial charge in [-0.05, 0) is 48.9 Å². The second kappa shape index (κ2) is 11.9. The molecule has 1 aliphatic rings. The molecule has 2 N–H and O–H groups in total.